The quantitative estimate of drug-likeness (QED) is 0.838. The Morgan fingerprint density at radius 1 is 1.26 bits per heavy atom. The number of carbonyl (C=O) groups is 1. The van der Waals surface area contributed by atoms with Crippen LogP contribution in [-0.4, -0.2) is 14.3 Å². The Morgan fingerprint density at radius 3 is 2.11 bits per heavy atom. The van der Waals surface area contributed by atoms with Crippen molar-refractivity contribution in [3.63, 3.8) is 0 Å². The van der Waals surface area contributed by atoms with Crippen molar-refractivity contribution in [1.29, 1.82) is 0 Å². The molecule has 0 fully saturated rings. The van der Waals surface area contributed by atoms with Gasteiger partial charge in [0.2, 0.25) is 15.9 Å². The molecule has 0 aliphatic rings. The lowest BCUT2D eigenvalue weighted by atomic mass is 10.3. The highest BCUT2D eigenvalue weighted by Gasteiger charge is 2.15. The van der Waals surface area contributed by atoms with Crippen LogP contribution < -0.4 is 10.5 Å². The molecule has 0 aromatic heterocycles. The van der Waals surface area contributed by atoms with Gasteiger partial charge in [0, 0.05) is 6.08 Å². The number of halogens is 2. The highest BCUT2D eigenvalue weighted by Crippen LogP contribution is 2.33. The van der Waals surface area contributed by atoms with E-state index in [4.69, 9.17) is 28.3 Å². The predicted molar refractivity (Wildman–Crippen MR) is 75.9 cm³/mol. The monoisotopic (exact) mass is 322 g/mol. The molecule has 1 aromatic carbocycles. The average Bonchev–Trinajstić information content (AvgIpc) is 2.20. The van der Waals surface area contributed by atoms with Gasteiger partial charge in [-0.1, -0.05) is 28.8 Å². The molecule has 0 atom stereocenters. The molecule has 0 spiro atoms. The van der Waals surface area contributed by atoms with Crippen molar-refractivity contribution in [3.8, 4) is 0 Å². The fourth-order valence-electron chi connectivity index (χ4n) is 1.26. The molecule has 0 bridgehead atoms. The molecule has 1 aromatic rings. The zero-order valence-corrected chi connectivity index (χ0v) is 12.5. The van der Waals surface area contributed by atoms with Gasteiger partial charge in [0.05, 0.1) is 20.6 Å². The van der Waals surface area contributed by atoms with Crippen molar-refractivity contribution in [3.05, 3.63) is 33.8 Å². The van der Waals surface area contributed by atoms with Gasteiger partial charge in [0.1, 0.15) is 0 Å². The summed E-state index contributed by atoms with van der Waals surface area (Å²) in [5.74, 6) is -0.410. The lowest BCUT2D eigenvalue weighted by Gasteiger charge is -2.09. The van der Waals surface area contributed by atoms with Crippen molar-refractivity contribution in [2.24, 2.45) is 5.14 Å². The largest absolute Gasteiger partial charge is 0.320 e. The van der Waals surface area contributed by atoms with Crippen molar-refractivity contribution in [2.45, 2.75) is 18.7 Å². The van der Waals surface area contributed by atoms with Gasteiger partial charge in [0.15, 0.2) is 0 Å². The number of amides is 1. The highest BCUT2D eigenvalue weighted by atomic mass is 35.5. The summed E-state index contributed by atoms with van der Waals surface area (Å²) in [6.45, 7) is 3.51. The van der Waals surface area contributed by atoms with Gasteiger partial charge < -0.3 is 5.32 Å². The van der Waals surface area contributed by atoms with Gasteiger partial charge in [-0.15, -0.1) is 0 Å². The van der Waals surface area contributed by atoms with E-state index >= 15 is 0 Å². The first-order valence-electron chi connectivity index (χ1n) is 5.09. The smallest absolute Gasteiger partial charge is 0.248 e. The third-order valence-electron chi connectivity index (χ3n) is 2.01. The molecule has 0 aliphatic heterocycles. The molecule has 0 saturated heterocycles. The van der Waals surface area contributed by atoms with Crippen LogP contribution in [0.5, 0.6) is 0 Å². The first kappa shape index (κ1) is 16.0. The maximum absolute atomic E-state index is 11.6. The van der Waals surface area contributed by atoms with E-state index in [-0.39, 0.29) is 20.6 Å². The van der Waals surface area contributed by atoms with Crippen LogP contribution in [0.1, 0.15) is 13.8 Å². The van der Waals surface area contributed by atoms with E-state index in [1.807, 2.05) is 0 Å². The molecule has 0 radical (unpaired) electrons. The molecular weight excluding hydrogens is 311 g/mol. The summed E-state index contributed by atoms with van der Waals surface area (Å²) in [6, 6.07) is 2.25. The number of sulfonamides is 1. The van der Waals surface area contributed by atoms with E-state index in [1.165, 1.54) is 6.08 Å². The second-order valence-corrected chi connectivity index (χ2v) is 6.39. The number of hydrogen-bond donors (Lipinski definition) is 2. The van der Waals surface area contributed by atoms with Crippen molar-refractivity contribution in [2.75, 3.05) is 5.32 Å². The Bertz CT molecular complexity index is 627. The van der Waals surface area contributed by atoms with Gasteiger partial charge in [0.25, 0.3) is 0 Å². The Kier molecular flexibility index (Phi) is 4.98. The van der Waals surface area contributed by atoms with E-state index in [2.05, 4.69) is 5.32 Å². The topological polar surface area (TPSA) is 89.3 Å². The van der Waals surface area contributed by atoms with Crippen LogP contribution in [0.2, 0.25) is 10.0 Å². The van der Waals surface area contributed by atoms with Crippen LogP contribution >= 0.6 is 23.2 Å². The Hall–Kier alpha value is -1.08. The first-order chi connectivity index (χ1) is 8.61. The number of rotatable bonds is 3. The predicted octanol–water partition coefficient (Wildman–Crippen LogP) is 2.55. The Labute approximate surface area is 121 Å². The first-order valence-corrected chi connectivity index (χ1v) is 7.39. The van der Waals surface area contributed by atoms with E-state index in [0.29, 0.717) is 0 Å². The summed E-state index contributed by atoms with van der Waals surface area (Å²) >= 11 is 11.8. The third kappa shape index (κ3) is 4.50. The molecule has 5 nitrogen and oxygen atoms in total. The third-order valence-corrected chi connectivity index (χ3v) is 3.50. The zero-order chi connectivity index (χ0) is 14.8. The molecule has 0 unspecified atom stereocenters. The Morgan fingerprint density at radius 2 is 1.74 bits per heavy atom. The highest BCUT2D eigenvalue weighted by molar-refractivity contribution is 7.89. The lowest BCUT2D eigenvalue weighted by Crippen LogP contribution is -2.13. The van der Waals surface area contributed by atoms with Gasteiger partial charge in [-0.05, 0) is 26.0 Å². The summed E-state index contributed by atoms with van der Waals surface area (Å²) in [5, 5.41) is 7.43. The van der Waals surface area contributed by atoms with E-state index < -0.39 is 15.9 Å². The second kappa shape index (κ2) is 5.92. The molecule has 1 amide bonds. The normalized spacial score (nSPS) is 11.0. The van der Waals surface area contributed by atoms with Gasteiger partial charge in [-0.3, -0.25) is 4.79 Å². The van der Waals surface area contributed by atoms with E-state index in [9.17, 15) is 13.2 Å². The fourth-order valence-corrected chi connectivity index (χ4v) is 2.53. The number of anilines is 1. The van der Waals surface area contributed by atoms with Gasteiger partial charge in [-0.2, -0.15) is 0 Å². The summed E-state index contributed by atoms with van der Waals surface area (Å²) in [7, 11) is -3.91. The number of allylic oxidation sites excluding steroid dienone is 1. The van der Waals surface area contributed by atoms with Crippen LogP contribution in [0.3, 0.4) is 0 Å². The van der Waals surface area contributed by atoms with Crippen molar-refractivity contribution in [1.82, 2.24) is 0 Å². The number of nitrogens with one attached hydrogen (secondary N) is 1. The fraction of sp³-hybridized carbons (Fsp3) is 0.182. The molecule has 19 heavy (non-hydrogen) atoms. The summed E-state index contributed by atoms with van der Waals surface area (Å²) in [4.78, 5) is 11.3. The number of primary sulfonamides is 1. The number of carbonyl (C=O) groups excluding carboxylic acids is 1. The minimum absolute atomic E-state index is 0.00738. The average molecular weight is 323 g/mol. The SMILES string of the molecule is CC(C)=CC(=O)Nc1c(Cl)cc(S(N)(=O)=O)cc1Cl. The summed E-state index contributed by atoms with van der Waals surface area (Å²) in [5.41, 5.74) is 0.934. The molecule has 0 saturated carbocycles. The molecular formula is C11H12Cl2N2O3S. The number of nitrogens with two attached hydrogens (primary N) is 1. The van der Waals surface area contributed by atoms with Crippen molar-refractivity contribution < 1.29 is 13.2 Å². The zero-order valence-electron chi connectivity index (χ0n) is 10.2. The minimum Gasteiger partial charge on any atom is -0.320 e. The van der Waals surface area contributed by atoms with Gasteiger partial charge in [-0.25, -0.2) is 13.6 Å². The van der Waals surface area contributed by atoms with Crippen LogP contribution in [0.15, 0.2) is 28.7 Å². The summed E-state index contributed by atoms with van der Waals surface area (Å²) < 4.78 is 22.4. The molecule has 8 heteroatoms. The molecule has 104 valence electrons. The standard InChI is InChI=1S/C11H12Cl2N2O3S/c1-6(2)3-10(16)15-11-8(12)4-7(5-9(11)13)19(14,17)18/h3-5H,1-2H3,(H,15,16)(H2,14,17,18). The van der Waals surface area contributed by atoms with Crippen molar-refractivity contribution >= 4 is 44.8 Å². The second-order valence-electron chi connectivity index (χ2n) is 4.02. The van der Waals surface area contributed by atoms with Crippen LogP contribution in [0, 0.1) is 0 Å². The molecule has 3 N–H and O–H groups in total. The molecule has 1 rings (SSSR count). The van der Waals surface area contributed by atoms with Crippen LogP contribution in [-0.2, 0) is 14.8 Å². The van der Waals surface area contributed by atoms with E-state index in [0.717, 1.165) is 17.7 Å². The lowest BCUT2D eigenvalue weighted by molar-refractivity contribution is -0.111. The maximum Gasteiger partial charge on any atom is 0.248 e. The van der Waals surface area contributed by atoms with Crippen LogP contribution in [0.25, 0.3) is 0 Å². The number of benzene rings is 1. The van der Waals surface area contributed by atoms with E-state index in [1.54, 1.807) is 13.8 Å². The Balaban J connectivity index is 3.19. The summed E-state index contributed by atoms with van der Waals surface area (Å²) in [6.07, 6.45) is 1.36. The maximum atomic E-state index is 11.6. The molecule has 0 heterocycles. The number of hydrogen-bond acceptors (Lipinski definition) is 3. The minimum atomic E-state index is -3.91. The van der Waals surface area contributed by atoms with Gasteiger partial charge >= 0.3 is 0 Å². The molecule has 0 aliphatic carbocycles. The van der Waals surface area contributed by atoms with Crippen LogP contribution in [0.4, 0.5) is 5.69 Å².